The summed E-state index contributed by atoms with van der Waals surface area (Å²) in [6.07, 6.45) is 2.57. The van der Waals surface area contributed by atoms with Gasteiger partial charge in [-0.25, -0.2) is 0 Å². The fourth-order valence-electron chi connectivity index (χ4n) is 3.26. The Balaban J connectivity index is 1.63. The number of carbonyl (C=O) groups excluding carboxylic acids is 2. The van der Waals surface area contributed by atoms with Gasteiger partial charge in [-0.1, -0.05) is 48.5 Å². The quantitative estimate of drug-likeness (QED) is 0.178. The molecule has 0 saturated heterocycles. The van der Waals surface area contributed by atoms with E-state index in [1.807, 2.05) is 62.4 Å². The number of nitrogens with one attached hydrogen (secondary N) is 4. The van der Waals surface area contributed by atoms with Crippen molar-refractivity contribution in [2.45, 2.75) is 52.4 Å². The standard InChI is InChI=1S/C26H32N6O2S2/c1-17-9-3-5-11-19(17)15-23(33)31-25(29)35-21(27)13-7-8-14-22(28)36-26(30)32-24(34)16-20-12-6-4-10-18(20)2/h3-6,9-12,27-28H,7-8,13-16H2,1-2H3,(H2,29,31,33)(H2,30,32,34). The van der Waals surface area contributed by atoms with Crippen LogP contribution in [0.3, 0.4) is 0 Å². The topological polar surface area (TPSA) is 156 Å². The average molecular weight is 525 g/mol. The predicted octanol–water partition coefficient (Wildman–Crippen LogP) is 4.96. The molecule has 0 aliphatic heterocycles. The van der Waals surface area contributed by atoms with Crippen molar-refractivity contribution in [3.63, 3.8) is 0 Å². The lowest BCUT2D eigenvalue weighted by molar-refractivity contribution is -0.119. The molecule has 0 spiro atoms. The van der Waals surface area contributed by atoms with Crippen LogP contribution in [0.15, 0.2) is 53.5 Å². The number of aryl methyl sites for hydroxylation is 2. The summed E-state index contributed by atoms with van der Waals surface area (Å²) in [6, 6.07) is 15.2. The van der Waals surface area contributed by atoms with Gasteiger partial charge in [0.2, 0.25) is 5.91 Å². The number of carbonyl (C=O) groups is 2. The Morgan fingerprint density at radius 3 is 1.89 bits per heavy atom. The minimum Gasteiger partial charge on any atom is -0.378 e. The van der Waals surface area contributed by atoms with Gasteiger partial charge in [-0.05, 0) is 85.3 Å². The van der Waals surface area contributed by atoms with E-state index in [1.165, 1.54) is 0 Å². The maximum Gasteiger partial charge on any atom is 0.252 e. The van der Waals surface area contributed by atoms with Crippen LogP contribution in [0.1, 0.15) is 47.9 Å². The van der Waals surface area contributed by atoms with Crippen LogP contribution in [-0.4, -0.2) is 32.2 Å². The van der Waals surface area contributed by atoms with Crippen molar-refractivity contribution in [3.05, 3.63) is 70.8 Å². The first kappa shape index (κ1) is 29.0. The first-order valence-corrected chi connectivity index (χ1v) is 13.1. The number of hydrogen-bond acceptors (Lipinski definition) is 7. The summed E-state index contributed by atoms with van der Waals surface area (Å²) < 4.78 is 0. The van der Waals surface area contributed by atoms with Gasteiger partial charge in [-0.15, -0.1) is 0 Å². The second kappa shape index (κ2) is 15.0. The highest BCUT2D eigenvalue weighted by atomic mass is 32.2. The molecule has 2 amide bonds. The molecule has 0 aromatic heterocycles. The Bertz CT molecular complexity index is 1160. The number of unbranched alkanes of at least 4 members (excludes halogenated alkanes) is 1. The lowest BCUT2D eigenvalue weighted by Crippen LogP contribution is -2.30. The van der Waals surface area contributed by atoms with Crippen molar-refractivity contribution in [2.75, 3.05) is 0 Å². The molecular weight excluding hydrogens is 492 g/mol. The number of thioether (sulfide) groups is 2. The van der Waals surface area contributed by atoms with Crippen molar-refractivity contribution in [1.82, 2.24) is 5.32 Å². The summed E-state index contributed by atoms with van der Waals surface area (Å²) in [5.41, 5.74) is 9.67. The lowest BCUT2D eigenvalue weighted by Gasteiger charge is -2.09. The number of amides is 2. The zero-order valence-electron chi connectivity index (χ0n) is 20.5. The summed E-state index contributed by atoms with van der Waals surface area (Å²) in [5, 5.41) is 27.1. The van der Waals surface area contributed by atoms with Crippen LogP contribution in [0.5, 0.6) is 0 Å². The number of nitrogens with zero attached hydrogens (tertiary/aromatic N) is 1. The Morgan fingerprint density at radius 1 is 0.833 bits per heavy atom. The molecule has 0 radical (unpaired) electrons. The monoisotopic (exact) mass is 524 g/mol. The van der Waals surface area contributed by atoms with Crippen LogP contribution < -0.4 is 11.1 Å². The predicted molar refractivity (Wildman–Crippen MR) is 151 cm³/mol. The van der Waals surface area contributed by atoms with Gasteiger partial charge < -0.3 is 11.1 Å². The maximum atomic E-state index is 12.2. The van der Waals surface area contributed by atoms with E-state index in [0.717, 1.165) is 45.8 Å². The molecule has 6 N–H and O–H groups in total. The Labute approximate surface area is 220 Å². The van der Waals surface area contributed by atoms with E-state index in [4.69, 9.17) is 22.0 Å². The molecule has 2 aromatic rings. The molecule has 0 saturated carbocycles. The molecule has 2 rings (SSSR count). The van der Waals surface area contributed by atoms with Crippen LogP contribution >= 0.6 is 23.5 Å². The molecule has 0 fully saturated rings. The smallest absolute Gasteiger partial charge is 0.252 e. The number of amidine groups is 2. The number of benzene rings is 2. The summed E-state index contributed by atoms with van der Waals surface area (Å²) in [6.45, 7) is 3.87. The van der Waals surface area contributed by atoms with E-state index in [1.54, 1.807) is 0 Å². The largest absolute Gasteiger partial charge is 0.378 e. The molecule has 0 bridgehead atoms. The van der Waals surface area contributed by atoms with Gasteiger partial charge >= 0.3 is 0 Å². The number of hydrogen-bond donors (Lipinski definition) is 5. The molecule has 2 aromatic carbocycles. The van der Waals surface area contributed by atoms with Crippen LogP contribution in [0.25, 0.3) is 0 Å². The van der Waals surface area contributed by atoms with Gasteiger partial charge in [0, 0.05) is 0 Å². The van der Waals surface area contributed by atoms with Crippen LogP contribution in [-0.2, 0) is 22.4 Å². The minimum atomic E-state index is -0.346. The molecule has 0 aliphatic carbocycles. The normalized spacial score (nSPS) is 11.1. The van der Waals surface area contributed by atoms with E-state index in [9.17, 15) is 9.59 Å². The van der Waals surface area contributed by atoms with Crippen LogP contribution in [0, 0.1) is 30.1 Å². The Hall–Kier alpha value is -3.24. The van der Waals surface area contributed by atoms with Crippen LogP contribution in [0.4, 0.5) is 0 Å². The third kappa shape index (κ3) is 11.0. The SMILES string of the molecule is Cc1ccccc1CC(=O)N=C(N)SC(=N)CCCCC(=N)SC(=N)NC(=O)Cc1ccccc1C. The summed E-state index contributed by atoms with van der Waals surface area (Å²) in [7, 11) is 0. The van der Waals surface area contributed by atoms with E-state index in [-0.39, 0.29) is 40.0 Å². The van der Waals surface area contributed by atoms with E-state index < -0.39 is 0 Å². The minimum absolute atomic E-state index is 0.0526. The van der Waals surface area contributed by atoms with Crippen molar-refractivity contribution in [2.24, 2.45) is 10.7 Å². The molecule has 10 heteroatoms. The Kier molecular flexibility index (Phi) is 12.1. The van der Waals surface area contributed by atoms with Gasteiger partial charge in [0.1, 0.15) is 0 Å². The van der Waals surface area contributed by atoms with Crippen LogP contribution in [0.2, 0.25) is 0 Å². The highest BCUT2D eigenvalue weighted by Gasteiger charge is 2.11. The molecule has 0 heterocycles. The van der Waals surface area contributed by atoms with Gasteiger partial charge in [0.25, 0.3) is 5.91 Å². The summed E-state index contributed by atoms with van der Waals surface area (Å²) in [4.78, 5) is 28.2. The van der Waals surface area contributed by atoms with Gasteiger partial charge in [-0.2, -0.15) is 4.99 Å². The fraction of sp³-hybridized carbons (Fsp3) is 0.308. The van der Waals surface area contributed by atoms with Crippen molar-refractivity contribution in [3.8, 4) is 0 Å². The summed E-state index contributed by atoms with van der Waals surface area (Å²) >= 11 is 1.89. The highest BCUT2D eigenvalue weighted by Crippen LogP contribution is 2.15. The second-order valence-corrected chi connectivity index (χ2v) is 10.4. The third-order valence-electron chi connectivity index (χ3n) is 5.21. The van der Waals surface area contributed by atoms with E-state index in [2.05, 4.69) is 10.3 Å². The van der Waals surface area contributed by atoms with Crippen molar-refractivity contribution >= 4 is 55.8 Å². The van der Waals surface area contributed by atoms with Crippen molar-refractivity contribution in [1.29, 1.82) is 16.2 Å². The van der Waals surface area contributed by atoms with Gasteiger partial charge in [-0.3, -0.25) is 25.8 Å². The maximum absolute atomic E-state index is 12.2. The van der Waals surface area contributed by atoms with Gasteiger partial charge in [0.05, 0.1) is 22.9 Å². The third-order valence-corrected chi connectivity index (χ3v) is 6.72. The van der Waals surface area contributed by atoms with Gasteiger partial charge in [0.15, 0.2) is 10.3 Å². The number of rotatable bonds is 9. The number of aliphatic imine (C=N–C) groups is 1. The molecule has 0 unspecified atom stereocenters. The first-order chi connectivity index (χ1) is 17.1. The van der Waals surface area contributed by atoms with Crippen molar-refractivity contribution < 1.29 is 9.59 Å². The fourth-order valence-corrected chi connectivity index (χ4v) is 4.56. The molecular formula is C26H32N6O2S2. The second-order valence-electron chi connectivity index (χ2n) is 8.19. The average Bonchev–Trinajstić information content (AvgIpc) is 2.79. The molecule has 0 aliphatic rings. The molecule has 36 heavy (non-hydrogen) atoms. The lowest BCUT2D eigenvalue weighted by atomic mass is 10.1. The molecule has 8 nitrogen and oxygen atoms in total. The highest BCUT2D eigenvalue weighted by molar-refractivity contribution is 8.26. The zero-order chi connectivity index (χ0) is 26.5. The van der Waals surface area contributed by atoms with E-state index >= 15 is 0 Å². The Morgan fingerprint density at radius 2 is 1.33 bits per heavy atom. The number of nitrogens with two attached hydrogens (primary N) is 1. The first-order valence-electron chi connectivity index (χ1n) is 11.5. The van der Waals surface area contributed by atoms with E-state index in [0.29, 0.717) is 30.7 Å². The molecule has 190 valence electrons. The zero-order valence-corrected chi connectivity index (χ0v) is 22.2. The molecule has 0 atom stereocenters. The summed E-state index contributed by atoms with van der Waals surface area (Å²) in [5.74, 6) is -0.627.